The number of rotatable bonds is 5. The summed E-state index contributed by atoms with van der Waals surface area (Å²) in [7, 11) is 0. The monoisotopic (exact) mass is 275 g/mol. The molecule has 0 radical (unpaired) electrons. The Morgan fingerprint density at radius 1 is 1.35 bits per heavy atom. The summed E-state index contributed by atoms with van der Waals surface area (Å²) in [4.78, 5) is 29.3. The van der Waals surface area contributed by atoms with E-state index < -0.39 is 10.6 Å². The van der Waals surface area contributed by atoms with Crippen molar-refractivity contribution in [2.75, 3.05) is 11.9 Å². The quantitative estimate of drug-likeness (QED) is 0.645. The van der Waals surface area contributed by atoms with Gasteiger partial charge in [-0.2, -0.15) is 4.98 Å². The van der Waals surface area contributed by atoms with Crippen LogP contribution in [-0.4, -0.2) is 26.0 Å². The molecule has 2 rings (SSSR count). The van der Waals surface area contributed by atoms with E-state index in [1.54, 1.807) is 18.3 Å². The Labute approximate surface area is 114 Å². The molecule has 8 nitrogen and oxygen atoms in total. The van der Waals surface area contributed by atoms with E-state index in [1.165, 1.54) is 10.8 Å². The second kappa shape index (κ2) is 5.91. The maximum Gasteiger partial charge on any atom is 0.348 e. The summed E-state index contributed by atoms with van der Waals surface area (Å²) in [5, 5.41) is 13.7. The second-order valence-electron chi connectivity index (χ2n) is 4.06. The Balaban J connectivity index is 2.23. The van der Waals surface area contributed by atoms with Crippen molar-refractivity contribution in [1.82, 2.24) is 14.5 Å². The number of nitrogens with one attached hydrogen (secondary N) is 1. The van der Waals surface area contributed by atoms with Gasteiger partial charge >= 0.3 is 11.4 Å². The minimum Gasteiger partial charge on any atom is -0.370 e. The van der Waals surface area contributed by atoms with E-state index in [2.05, 4.69) is 15.3 Å². The summed E-state index contributed by atoms with van der Waals surface area (Å²) in [5.41, 5.74) is 0.00393. The molecule has 0 aliphatic carbocycles. The van der Waals surface area contributed by atoms with Gasteiger partial charge in [0.05, 0.1) is 17.7 Å². The van der Waals surface area contributed by atoms with E-state index in [0.29, 0.717) is 0 Å². The van der Waals surface area contributed by atoms with Crippen molar-refractivity contribution in [3.63, 3.8) is 0 Å². The van der Waals surface area contributed by atoms with Crippen LogP contribution in [0.1, 0.15) is 12.5 Å². The molecule has 0 saturated carbocycles. The molecule has 0 saturated heterocycles. The molecule has 0 aliphatic rings. The zero-order chi connectivity index (χ0) is 14.5. The molecule has 2 heterocycles. The van der Waals surface area contributed by atoms with Crippen LogP contribution < -0.4 is 11.0 Å². The average Bonchev–Trinajstić information content (AvgIpc) is 2.43. The van der Waals surface area contributed by atoms with Crippen molar-refractivity contribution in [2.24, 2.45) is 0 Å². The van der Waals surface area contributed by atoms with Crippen molar-refractivity contribution >= 4 is 11.5 Å². The molecule has 0 bridgehead atoms. The van der Waals surface area contributed by atoms with Crippen LogP contribution in [0, 0.1) is 10.1 Å². The highest BCUT2D eigenvalue weighted by Gasteiger charge is 2.09. The Morgan fingerprint density at radius 2 is 2.15 bits per heavy atom. The predicted octanol–water partition coefficient (Wildman–Crippen LogP) is 1.03. The molecule has 0 atom stereocenters. The second-order valence-corrected chi connectivity index (χ2v) is 4.06. The summed E-state index contributed by atoms with van der Waals surface area (Å²) in [5.74, 6) is 0.737. The third-order valence-corrected chi connectivity index (χ3v) is 2.59. The lowest BCUT2D eigenvalue weighted by atomic mass is 10.3. The van der Waals surface area contributed by atoms with Crippen molar-refractivity contribution < 1.29 is 4.92 Å². The topological polar surface area (TPSA) is 103 Å². The fraction of sp³-hybridized carbons (Fsp3) is 0.250. The third kappa shape index (κ3) is 3.16. The van der Waals surface area contributed by atoms with Gasteiger partial charge in [-0.25, -0.2) is 9.78 Å². The fourth-order valence-corrected chi connectivity index (χ4v) is 1.65. The van der Waals surface area contributed by atoms with E-state index in [-0.39, 0.29) is 12.2 Å². The lowest BCUT2D eigenvalue weighted by Crippen LogP contribution is -2.23. The van der Waals surface area contributed by atoms with Gasteiger partial charge in [0.1, 0.15) is 12.0 Å². The summed E-state index contributed by atoms with van der Waals surface area (Å²) in [6.07, 6.45) is 3.74. The third-order valence-electron chi connectivity index (χ3n) is 2.59. The molecule has 1 N–H and O–H groups in total. The molecule has 0 fully saturated rings. The fourth-order valence-electron chi connectivity index (χ4n) is 1.65. The van der Waals surface area contributed by atoms with E-state index in [9.17, 15) is 14.9 Å². The number of hydrogen-bond donors (Lipinski definition) is 1. The number of hydrogen-bond acceptors (Lipinski definition) is 6. The van der Waals surface area contributed by atoms with Crippen molar-refractivity contribution in [3.05, 3.63) is 56.9 Å². The molecule has 104 valence electrons. The zero-order valence-corrected chi connectivity index (χ0v) is 10.8. The smallest absolute Gasteiger partial charge is 0.348 e. The number of pyridine rings is 1. The van der Waals surface area contributed by atoms with Crippen LogP contribution in [0.3, 0.4) is 0 Å². The largest absolute Gasteiger partial charge is 0.370 e. The average molecular weight is 275 g/mol. The van der Waals surface area contributed by atoms with Crippen LogP contribution in [0.2, 0.25) is 0 Å². The highest BCUT2D eigenvalue weighted by Crippen LogP contribution is 2.08. The lowest BCUT2D eigenvalue weighted by Gasteiger charge is -2.06. The number of nitro groups is 1. The standard InChI is InChI=1S/C12H13N5O3/c1-2-13-11-4-3-9(5-14-11)7-16-8-10(17(19)20)6-15-12(16)18/h3-6,8H,2,7H2,1H3,(H,13,14). The molecular weight excluding hydrogens is 262 g/mol. The van der Waals surface area contributed by atoms with E-state index in [4.69, 9.17) is 0 Å². The van der Waals surface area contributed by atoms with Crippen LogP contribution in [0.25, 0.3) is 0 Å². The first-order valence-electron chi connectivity index (χ1n) is 6.00. The minimum atomic E-state index is -0.588. The van der Waals surface area contributed by atoms with E-state index in [1.807, 2.05) is 6.92 Å². The molecule has 8 heteroatoms. The molecule has 0 spiro atoms. The minimum absolute atomic E-state index is 0.187. The first-order chi connectivity index (χ1) is 9.60. The van der Waals surface area contributed by atoms with Crippen LogP contribution in [0.15, 0.2) is 35.5 Å². The first kappa shape index (κ1) is 13.7. The number of nitrogens with zero attached hydrogens (tertiary/aromatic N) is 4. The van der Waals surface area contributed by atoms with Crippen LogP contribution in [0.5, 0.6) is 0 Å². The van der Waals surface area contributed by atoms with Gasteiger partial charge in [-0.05, 0) is 18.6 Å². The van der Waals surface area contributed by atoms with Gasteiger partial charge in [-0.15, -0.1) is 0 Å². The van der Waals surface area contributed by atoms with Gasteiger partial charge < -0.3 is 5.32 Å². The first-order valence-corrected chi connectivity index (χ1v) is 6.00. The normalized spacial score (nSPS) is 10.2. The number of anilines is 1. The lowest BCUT2D eigenvalue weighted by molar-refractivity contribution is -0.385. The molecule has 20 heavy (non-hydrogen) atoms. The van der Waals surface area contributed by atoms with Gasteiger partial charge in [-0.1, -0.05) is 6.07 Å². The summed E-state index contributed by atoms with van der Waals surface area (Å²) in [6, 6.07) is 3.59. The summed E-state index contributed by atoms with van der Waals surface area (Å²) in [6.45, 7) is 2.91. The molecule has 0 aliphatic heterocycles. The van der Waals surface area contributed by atoms with Crippen LogP contribution in [-0.2, 0) is 6.54 Å². The Hall–Kier alpha value is -2.77. The van der Waals surface area contributed by atoms with Crippen LogP contribution in [0.4, 0.5) is 11.5 Å². The van der Waals surface area contributed by atoms with Crippen molar-refractivity contribution in [3.8, 4) is 0 Å². The maximum absolute atomic E-state index is 11.6. The van der Waals surface area contributed by atoms with Gasteiger partial charge in [-0.3, -0.25) is 14.7 Å². The number of aromatic nitrogens is 3. The predicted molar refractivity (Wildman–Crippen MR) is 72.7 cm³/mol. The van der Waals surface area contributed by atoms with Crippen LogP contribution >= 0.6 is 0 Å². The van der Waals surface area contributed by atoms with Gasteiger partial charge in [0, 0.05) is 12.7 Å². The molecule has 0 amide bonds. The Kier molecular flexibility index (Phi) is 4.04. The molecule has 0 aromatic carbocycles. The van der Waals surface area contributed by atoms with Gasteiger partial charge in [0.2, 0.25) is 0 Å². The molecule has 2 aromatic rings. The van der Waals surface area contributed by atoms with Crippen molar-refractivity contribution in [1.29, 1.82) is 0 Å². The molecular formula is C12H13N5O3. The Bertz CT molecular complexity index is 666. The summed E-state index contributed by atoms with van der Waals surface area (Å²) >= 11 is 0. The SMILES string of the molecule is CCNc1ccc(Cn2cc([N+](=O)[O-])cnc2=O)cn1. The van der Waals surface area contributed by atoms with E-state index >= 15 is 0 Å². The highest BCUT2D eigenvalue weighted by molar-refractivity contribution is 5.35. The van der Waals surface area contributed by atoms with Gasteiger partial charge in [0.15, 0.2) is 0 Å². The van der Waals surface area contributed by atoms with Crippen molar-refractivity contribution in [2.45, 2.75) is 13.5 Å². The van der Waals surface area contributed by atoms with Gasteiger partial charge in [0.25, 0.3) is 0 Å². The molecule has 2 aromatic heterocycles. The summed E-state index contributed by atoms with van der Waals surface area (Å²) < 4.78 is 1.18. The van der Waals surface area contributed by atoms with E-state index in [0.717, 1.165) is 24.1 Å². The highest BCUT2D eigenvalue weighted by atomic mass is 16.6. The zero-order valence-electron chi connectivity index (χ0n) is 10.8. The molecule has 0 unspecified atom stereocenters. The maximum atomic E-state index is 11.6. The Morgan fingerprint density at radius 3 is 2.75 bits per heavy atom.